The molecule has 0 radical (unpaired) electrons. The van der Waals surface area contributed by atoms with Crippen molar-refractivity contribution in [2.75, 3.05) is 12.3 Å². The molecule has 0 fully saturated rings. The van der Waals surface area contributed by atoms with Gasteiger partial charge in [-0.15, -0.1) is 0 Å². The number of nitrogens with two attached hydrogens (primary N) is 2. The Morgan fingerprint density at radius 2 is 2.00 bits per heavy atom. The monoisotopic (exact) mass is 245 g/mol. The molecule has 1 rings (SSSR count). The first kappa shape index (κ1) is 13.3. The maximum absolute atomic E-state index is 12.6. The van der Waals surface area contributed by atoms with Gasteiger partial charge in [0, 0.05) is 6.54 Å². The molecule has 1 aromatic rings. The first-order valence-corrected chi connectivity index (χ1v) is 4.60. The fourth-order valence-corrected chi connectivity index (χ4v) is 1.33. The lowest BCUT2D eigenvalue weighted by molar-refractivity contribution is -0.137. The van der Waals surface area contributed by atoms with E-state index < -0.39 is 23.5 Å². The quantitative estimate of drug-likeness (QED) is 0.681. The highest BCUT2D eigenvalue weighted by Crippen LogP contribution is 2.36. The highest BCUT2D eigenvalue weighted by atomic mass is 19.4. The van der Waals surface area contributed by atoms with Crippen molar-refractivity contribution < 1.29 is 18.3 Å². The number of alkyl halides is 3. The molecule has 0 bridgehead atoms. The molecule has 0 aliphatic heterocycles. The van der Waals surface area contributed by atoms with Gasteiger partial charge < -0.3 is 16.6 Å². The molecule has 0 aliphatic rings. The van der Waals surface area contributed by atoms with Crippen LogP contribution in [0.3, 0.4) is 0 Å². The van der Waals surface area contributed by atoms with Gasteiger partial charge in [0.15, 0.2) is 0 Å². The van der Waals surface area contributed by atoms with Crippen LogP contribution in [0.1, 0.15) is 22.8 Å². The number of hydrogen-bond acceptors (Lipinski definition) is 4. The third-order valence-corrected chi connectivity index (χ3v) is 2.24. The van der Waals surface area contributed by atoms with Crippen LogP contribution in [0.5, 0.6) is 0 Å². The summed E-state index contributed by atoms with van der Waals surface area (Å²) in [6.45, 7) is -0.244. The zero-order valence-electron chi connectivity index (χ0n) is 8.62. The van der Waals surface area contributed by atoms with Crippen LogP contribution in [-0.4, -0.2) is 11.7 Å². The number of aliphatic hydroxyl groups is 1. The SMILES string of the molecule is N#Cc1cc(C(O)CN)cc(C(F)(F)F)c1N. The topological polar surface area (TPSA) is 96.1 Å². The number of halogens is 3. The van der Waals surface area contributed by atoms with Crippen molar-refractivity contribution in [2.24, 2.45) is 5.73 Å². The van der Waals surface area contributed by atoms with E-state index in [1.165, 1.54) is 0 Å². The lowest BCUT2D eigenvalue weighted by Gasteiger charge is -2.15. The number of nitrogens with zero attached hydrogens (tertiary/aromatic N) is 1. The average Bonchev–Trinajstić information content (AvgIpc) is 2.26. The minimum atomic E-state index is -4.68. The molecule has 0 saturated heterocycles. The molecule has 4 nitrogen and oxygen atoms in total. The van der Waals surface area contributed by atoms with Gasteiger partial charge in [-0.2, -0.15) is 18.4 Å². The molecule has 5 N–H and O–H groups in total. The first-order valence-electron chi connectivity index (χ1n) is 4.60. The molecule has 0 heterocycles. The molecule has 0 aliphatic carbocycles. The summed E-state index contributed by atoms with van der Waals surface area (Å²) in [7, 11) is 0. The van der Waals surface area contributed by atoms with E-state index in [4.69, 9.17) is 16.7 Å². The number of rotatable bonds is 2. The molecule has 0 amide bonds. The van der Waals surface area contributed by atoms with Gasteiger partial charge in [-0.25, -0.2) is 0 Å². The summed E-state index contributed by atoms with van der Waals surface area (Å²) in [6, 6.07) is 3.35. The molecule has 0 spiro atoms. The Labute approximate surface area is 95.3 Å². The van der Waals surface area contributed by atoms with Crippen molar-refractivity contribution in [1.29, 1.82) is 5.26 Å². The summed E-state index contributed by atoms with van der Waals surface area (Å²) in [5.41, 5.74) is 8.19. The molecule has 17 heavy (non-hydrogen) atoms. The Balaban J connectivity index is 3.46. The minimum Gasteiger partial charge on any atom is -0.397 e. The molecule has 1 unspecified atom stereocenters. The second-order valence-corrected chi connectivity index (χ2v) is 3.39. The zero-order chi connectivity index (χ0) is 13.2. The van der Waals surface area contributed by atoms with Gasteiger partial charge in [0.1, 0.15) is 6.07 Å². The van der Waals surface area contributed by atoms with Gasteiger partial charge in [0.25, 0.3) is 0 Å². The minimum absolute atomic E-state index is 0.0782. The van der Waals surface area contributed by atoms with Gasteiger partial charge in [-0.05, 0) is 17.7 Å². The number of anilines is 1. The lowest BCUT2D eigenvalue weighted by atomic mass is 9.99. The number of nitriles is 1. The average molecular weight is 245 g/mol. The largest absolute Gasteiger partial charge is 0.418 e. The molecular weight excluding hydrogens is 235 g/mol. The summed E-state index contributed by atoms with van der Waals surface area (Å²) in [5, 5.41) is 18.1. The van der Waals surface area contributed by atoms with Crippen molar-refractivity contribution in [3.8, 4) is 6.07 Å². The summed E-state index contributed by atoms with van der Waals surface area (Å²) in [4.78, 5) is 0. The molecule has 1 atom stereocenters. The van der Waals surface area contributed by atoms with E-state index in [1.807, 2.05) is 0 Å². The smallest absolute Gasteiger partial charge is 0.397 e. The molecular formula is C10H10F3N3O. The number of nitrogen functional groups attached to an aromatic ring is 1. The van der Waals surface area contributed by atoms with E-state index in [0.29, 0.717) is 6.07 Å². The molecule has 0 aromatic heterocycles. The third kappa shape index (κ3) is 2.67. The van der Waals surface area contributed by atoms with Crippen LogP contribution in [-0.2, 0) is 6.18 Å². The molecule has 92 valence electrons. The summed E-state index contributed by atoms with van der Waals surface area (Å²) < 4.78 is 37.8. The molecule has 0 saturated carbocycles. The Hall–Kier alpha value is -1.78. The standard InChI is InChI=1S/C10H10F3N3O/c11-10(12,13)7-2-5(8(17)4-15)1-6(3-14)9(7)16/h1-2,8,17H,4,15-16H2. The fourth-order valence-electron chi connectivity index (χ4n) is 1.33. The van der Waals surface area contributed by atoms with E-state index >= 15 is 0 Å². The second-order valence-electron chi connectivity index (χ2n) is 3.39. The van der Waals surface area contributed by atoms with Gasteiger partial charge in [0.05, 0.1) is 22.9 Å². The van der Waals surface area contributed by atoms with E-state index in [0.717, 1.165) is 6.07 Å². The molecule has 1 aromatic carbocycles. The van der Waals surface area contributed by atoms with E-state index in [2.05, 4.69) is 0 Å². The van der Waals surface area contributed by atoms with Gasteiger partial charge >= 0.3 is 6.18 Å². The highest BCUT2D eigenvalue weighted by molar-refractivity contribution is 5.62. The first-order chi connectivity index (χ1) is 7.81. The predicted octanol–water partition coefficient (Wildman–Crippen LogP) is 1.15. The number of benzene rings is 1. The van der Waals surface area contributed by atoms with Crippen molar-refractivity contribution in [2.45, 2.75) is 12.3 Å². The maximum atomic E-state index is 12.6. The van der Waals surface area contributed by atoms with Crippen LogP contribution < -0.4 is 11.5 Å². The van der Waals surface area contributed by atoms with Gasteiger partial charge in [0.2, 0.25) is 0 Å². The van der Waals surface area contributed by atoms with Crippen LogP contribution in [0.25, 0.3) is 0 Å². The summed E-state index contributed by atoms with van der Waals surface area (Å²) in [6.07, 6.45) is -5.94. The summed E-state index contributed by atoms with van der Waals surface area (Å²) >= 11 is 0. The second kappa shape index (κ2) is 4.61. The van der Waals surface area contributed by atoms with Gasteiger partial charge in [-0.1, -0.05) is 0 Å². The summed E-state index contributed by atoms with van der Waals surface area (Å²) in [5.74, 6) is 0. The zero-order valence-corrected chi connectivity index (χ0v) is 8.62. The lowest BCUT2D eigenvalue weighted by Crippen LogP contribution is -2.15. The van der Waals surface area contributed by atoms with Crippen molar-refractivity contribution in [3.05, 3.63) is 28.8 Å². The van der Waals surface area contributed by atoms with Crippen LogP contribution >= 0.6 is 0 Å². The molecule has 7 heteroatoms. The van der Waals surface area contributed by atoms with Gasteiger partial charge in [-0.3, -0.25) is 0 Å². The van der Waals surface area contributed by atoms with E-state index in [9.17, 15) is 18.3 Å². The van der Waals surface area contributed by atoms with E-state index in [-0.39, 0.29) is 17.7 Å². The van der Waals surface area contributed by atoms with Crippen LogP contribution in [0, 0.1) is 11.3 Å². The Kier molecular flexibility index (Phi) is 3.60. The Morgan fingerprint density at radius 1 is 1.41 bits per heavy atom. The van der Waals surface area contributed by atoms with Crippen molar-refractivity contribution >= 4 is 5.69 Å². The highest BCUT2D eigenvalue weighted by Gasteiger charge is 2.34. The predicted molar refractivity (Wildman–Crippen MR) is 54.6 cm³/mol. The van der Waals surface area contributed by atoms with Crippen LogP contribution in [0.4, 0.5) is 18.9 Å². The fraction of sp³-hybridized carbons (Fsp3) is 0.300. The number of hydrogen-bond donors (Lipinski definition) is 3. The van der Waals surface area contributed by atoms with Crippen molar-refractivity contribution in [3.63, 3.8) is 0 Å². The Morgan fingerprint density at radius 3 is 2.41 bits per heavy atom. The third-order valence-electron chi connectivity index (χ3n) is 2.24. The van der Waals surface area contributed by atoms with Crippen molar-refractivity contribution in [1.82, 2.24) is 0 Å². The number of aliphatic hydroxyl groups excluding tert-OH is 1. The van der Waals surface area contributed by atoms with E-state index in [1.54, 1.807) is 6.07 Å². The van der Waals surface area contributed by atoms with Crippen LogP contribution in [0.15, 0.2) is 12.1 Å². The van der Waals surface area contributed by atoms with Crippen LogP contribution in [0.2, 0.25) is 0 Å². The maximum Gasteiger partial charge on any atom is 0.418 e. The normalized spacial score (nSPS) is 13.2. The Bertz CT molecular complexity index is 465.